The Kier molecular flexibility index (Phi) is 2.56. The second-order valence-corrected chi connectivity index (χ2v) is 3.60. The third-order valence-electron chi connectivity index (χ3n) is 2.54. The van der Waals surface area contributed by atoms with E-state index in [-0.39, 0.29) is 5.78 Å². The van der Waals surface area contributed by atoms with Gasteiger partial charge in [0, 0.05) is 32.5 Å². The van der Waals surface area contributed by atoms with Crippen molar-refractivity contribution in [2.45, 2.75) is 6.92 Å². The van der Waals surface area contributed by atoms with Crippen molar-refractivity contribution in [2.24, 2.45) is 0 Å². The molecule has 0 saturated heterocycles. The molecule has 84 valence electrons. The Morgan fingerprint density at radius 3 is 2.31 bits per heavy atom. The molecule has 0 radical (unpaired) electrons. The molecule has 1 heterocycles. The van der Waals surface area contributed by atoms with Gasteiger partial charge in [0.1, 0.15) is 5.58 Å². The second kappa shape index (κ2) is 3.89. The zero-order valence-electron chi connectivity index (χ0n) is 9.55. The van der Waals surface area contributed by atoms with Crippen molar-refractivity contribution < 1.29 is 9.21 Å². The molecule has 0 bridgehead atoms. The molecule has 0 amide bonds. The quantitative estimate of drug-likeness (QED) is 0.778. The summed E-state index contributed by atoms with van der Waals surface area (Å²) in [4.78, 5) is 11.2. The molecule has 1 aromatic carbocycles. The number of furan rings is 1. The molecule has 4 nitrogen and oxygen atoms in total. The van der Waals surface area contributed by atoms with E-state index in [1.54, 1.807) is 6.07 Å². The van der Waals surface area contributed by atoms with Gasteiger partial charge in [-0.25, -0.2) is 0 Å². The molecule has 16 heavy (non-hydrogen) atoms. The van der Waals surface area contributed by atoms with Gasteiger partial charge in [-0.05, 0) is 12.1 Å². The fourth-order valence-electron chi connectivity index (χ4n) is 1.67. The van der Waals surface area contributed by atoms with Crippen LogP contribution in [-0.2, 0) is 0 Å². The van der Waals surface area contributed by atoms with Crippen molar-refractivity contribution in [3.63, 3.8) is 0 Å². The Balaban J connectivity index is 2.64. The monoisotopic (exact) mass is 218 g/mol. The van der Waals surface area contributed by atoms with Crippen LogP contribution in [0.3, 0.4) is 0 Å². The predicted molar refractivity (Wildman–Crippen MR) is 65.3 cm³/mol. The highest BCUT2D eigenvalue weighted by Gasteiger charge is 2.10. The summed E-state index contributed by atoms with van der Waals surface area (Å²) in [6.07, 6.45) is 0. The van der Waals surface area contributed by atoms with Crippen molar-refractivity contribution in [3.05, 3.63) is 24.0 Å². The zero-order valence-corrected chi connectivity index (χ0v) is 9.55. The topological polar surface area (TPSA) is 54.3 Å². The summed E-state index contributed by atoms with van der Waals surface area (Å²) in [5.74, 6) is 0.332. The number of hydrogen-bond acceptors (Lipinski definition) is 4. The molecule has 0 unspecified atom stereocenters. The summed E-state index contributed by atoms with van der Waals surface area (Å²) >= 11 is 0. The molecule has 0 aliphatic carbocycles. The number of carbonyl (C=O) groups is 1. The van der Waals surface area contributed by atoms with Crippen molar-refractivity contribution in [1.82, 2.24) is 0 Å². The highest BCUT2D eigenvalue weighted by Crippen LogP contribution is 2.30. The summed E-state index contributed by atoms with van der Waals surface area (Å²) in [6, 6.07) is 5.60. The standard InChI is InChI=1S/C12H14N2O2/c1-7(15)11-5-8-4-9(13-2)10(14-3)6-12(8)16-11/h4-6,13-14H,1-3H3. The fourth-order valence-corrected chi connectivity index (χ4v) is 1.67. The molecule has 2 rings (SSSR count). The van der Waals surface area contributed by atoms with Crippen molar-refractivity contribution in [3.8, 4) is 0 Å². The number of rotatable bonds is 3. The Bertz CT molecular complexity index is 502. The zero-order chi connectivity index (χ0) is 11.7. The van der Waals surface area contributed by atoms with E-state index in [4.69, 9.17) is 4.42 Å². The van der Waals surface area contributed by atoms with E-state index in [1.165, 1.54) is 6.92 Å². The van der Waals surface area contributed by atoms with Gasteiger partial charge in [0.25, 0.3) is 0 Å². The molecular formula is C12H14N2O2. The van der Waals surface area contributed by atoms with Crippen LogP contribution in [0, 0.1) is 0 Å². The van der Waals surface area contributed by atoms with Crippen LogP contribution in [0.5, 0.6) is 0 Å². The first-order valence-corrected chi connectivity index (χ1v) is 5.09. The van der Waals surface area contributed by atoms with E-state index in [2.05, 4.69) is 10.6 Å². The summed E-state index contributed by atoms with van der Waals surface area (Å²) in [5.41, 5.74) is 2.64. The number of ketones is 1. The van der Waals surface area contributed by atoms with Crippen LogP contribution in [0.25, 0.3) is 11.0 Å². The summed E-state index contributed by atoms with van der Waals surface area (Å²) in [6.45, 7) is 1.50. The molecule has 0 aliphatic heterocycles. The van der Waals surface area contributed by atoms with E-state index in [0.29, 0.717) is 11.3 Å². The third-order valence-corrected chi connectivity index (χ3v) is 2.54. The summed E-state index contributed by atoms with van der Waals surface area (Å²) in [5, 5.41) is 7.08. The normalized spacial score (nSPS) is 10.4. The lowest BCUT2D eigenvalue weighted by atomic mass is 10.2. The lowest BCUT2D eigenvalue weighted by Crippen LogP contribution is -1.95. The Labute approximate surface area is 93.6 Å². The maximum atomic E-state index is 11.2. The summed E-state index contributed by atoms with van der Waals surface area (Å²) < 4.78 is 5.45. The van der Waals surface area contributed by atoms with E-state index < -0.39 is 0 Å². The highest BCUT2D eigenvalue weighted by atomic mass is 16.3. The smallest absolute Gasteiger partial charge is 0.194 e. The van der Waals surface area contributed by atoms with E-state index in [0.717, 1.165) is 16.8 Å². The van der Waals surface area contributed by atoms with Crippen molar-refractivity contribution >= 4 is 28.1 Å². The lowest BCUT2D eigenvalue weighted by Gasteiger charge is -2.07. The number of anilines is 2. The van der Waals surface area contributed by atoms with Gasteiger partial charge in [-0.2, -0.15) is 0 Å². The van der Waals surface area contributed by atoms with Crippen LogP contribution >= 0.6 is 0 Å². The first-order valence-electron chi connectivity index (χ1n) is 5.09. The van der Waals surface area contributed by atoms with Gasteiger partial charge in [-0.1, -0.05) is 0 Å². The van der Waals surface area contributed by atoms with Gasteiger partial charge in [0.05, 0.1) is 11.4 Å². The first-order chi connectivity index (χ1) is 7.65. The molecule has 0 atom stereocenters. The largest absolute Gasteiger partial charge is 0.453 e. The Morgan fingerprint density at radius 2 is 1.75 bits per heavy atom. The number of benzene rings is 1. The SMILES string of the molecule is CNc1cc2cc(C(C)=O)oc2cc1NC. The Hall–Kier alpha value is -1.97. The lowest BCUT2D eigenvalue weighted by molar-refractivity contribution is 0.0989. The molecule has 4 heteroatoms. The molecular weight excluding hydrogens is 204 g/mol. The fraction of sp³-hybridized carbons (Fsp3) is 0.250. The molecule has 0 saturated carbocycles. The molecule has 0 aliphatic rings. The van der Waals surface area contributed by atoms with Crippen molar-refractivity contribution in [2.75, 3.05) is 24.7 Å². The van der Waals surface area contributed by atoms with Crippen LogP contribution < -0.4 is 10.6 Å². The van der Waals surface area contributed by atoms with Gasteiger partial charge in [0.15, 0.2) is 11.5 Å². The van der Waals surface area contributed by atoms with Crippen molar-refractivity contribution in [1.29, 1.82) is 0 Å². The molecule has 2 aromatic rings. The number of hydrogen-bond donors (Lipinski definition) is 2. The number of fused-ring (bicyclic) bond motifs is 1. The predicted octanol–water partition coefficient (Wildman–Crippen LogP) is 2.72. The molecule has 2 N–H and O–H groups in total. The maximum absolute atomic E-state index is 11.2. The summed E-state index contributed by atoms with van der Waals surface area (Å²) in [7, 11) is 3.70. The number of Topliss-reactive ketones (excluding diaryl/α,β-unsaturated/α-hetero) is 1. The van der Waals surface area contributed by atoms with Crippen LogP contribution in [-0.4, -0.2) is 19.9 Å². The van der Waals surface area contributed by atoms with Gasteiger partial charge >= 0.3 is 0 Å². The molecule has 1 aromatic heterocycles. The van der Waals surface area contributed by atoms with E-state index in [1.807, 2.05) is 26.2 Å². The van der Waals surface area contributed by atoms with Gasteiger partial charge in [0.2, 0.25) is 0 Å². The Morgan fingerprint density at radius 1 is 1.12 bits per heavy atom. The van der Waals surface area contributed by atoms with Crippen LogP contribution in [0.15, 0.2) is 22.6 Å². The van der Waals surface area contributed by atoms with Crippen LogP contribution in [0.2, 0.25) is 0 Å². The van der Waals surface area contributed by atoms with Gasteiger partial charge in [-0.15, -0.1) is 0 Å². The van der Waals surface area contributed by atoms with Crippen LogP contribution in [0.1, 0.15) is 17.5 Å². The number of carbonyl (C=O) groups excluding carboxylic acids is 1. The second-order valence-electron chi connectivity index (χ2n) is 3.60. The highest BCUT2D eigenvalue weighted by molar-refractivity contribution is 5.98. The average Bonchev–Trinajstić information content (AvgIpc) is 2.69. The average molecular weight is 218 g/mol. The number of nitrogens with one attached hydrogen (secondary N) is 2. The van der Waals surface area contributed by atoms with E-state index in [9.17, 15) is 4.79 Å². The molecule has 0 fully saturated rings. The van der Waals surface area contributed by atoms with Gasteiger partial charge < -0.3 is 15.1 Å². The maximum Gasteiger partial charge on any atom is 0.194 e. The van der Waals surface area contributed by atoms with Crippen LogP contribution in [0.4, 0.5) is 11.4 Å². The minimum absolute atomic E-state index is 0.0618. The molecule has 0 spiro atoms. The first kappa shape index (κ1) is 10.5. The minimum Gasteiger partial charge on any atom is -0.453 e. The minimum atomic E-state index is -0.0618. The van der Waals surface area contributed by atoms with Gasteiger partial charge in [-0.3, -0.25) is 4.79 Å². The third kappa shape index (κ3) is 1.62. The van der Waals surface area contributed by atoms with E-state index >= 15 is 0 Å².